The van der Waals surface area contributed by atoms with Crippen molar-refractivity contribution < 1.29 is 28.6 Å². The second kappa shape index (κ2) is 46.9. The van der Waals surface area contributed by atoms with Gasteiger partial charge in [-0.2, -0.15) is 0 Å². The number of unbranched alkanes of at least 4 members (excludes halogenated alkanes) is 32. The molecule has 2 atom stereocenters. The van der Waals surface area contributed by atoms with Gasteiger partial charge < -0.3 is 14.2 Å². The van der Waals surface area contributed by atoms with Gasteiger partial charge in [0.05, 0.1) is 0 Å². The lowest BCUT2D eigenvalue weighted by atomic mass is 9.99. The molecular weight excluding hydrogens is 745 g/mol. The first-order chi connectivity index (χ1) is 29.3. The van der Waals surface area contributed by atoms with Crippen LogP contribution >= 0.6 is 0 Å². The monoisotopic (exact) mass is 849 g/mol. The lowest BCUT2D eigenvalue weighted by Crippen LogP contribution is -2.30. The van der Waals surface area contributed by atoms with E-state index in [2.05, 4.69) is 34.6 Å². The number of carbonyl (C=O) groups is 3. The predicted octanol–water partition coefficient (Wildman–Crippen LogP) is 17.3. The molecule has 0 radical (unpaired) electrons. The summed E-state index contributed by atoms with van der Waals surface area (Å²) in [6.07, 6.45) is 48.0. The summed E-state index contributed by atoms with van der Waals surface area (Å²) in [5.74, 6) is 0.804. The van der Waals surface area contributed by atoms with Crippen molar-refractivity contribution in [3.63, 3.8) is 0 Å². The fraction of sp³-hybridized carbons (Fsp3) is 0.944. The number of carbonyl (C=O) groups excluding carboxylic acids is 3. The Bertz CT molecular complexity index is 918. The Balaban J connectivity index is 4.27. The van der Waals surface area contributed by atoms with Crippen LogP contribution in [0.25, 0.3) is 0 Å². The minimum absolute atomic E-state index is 0.0641. The molecule has 0 amide bonds. The van der Waals surface area contributed by atoms with Crippen molar-refractivity contribution in [3.8, 4) is 0 Å². The van der Waals surface area contributed by atoms with Crippen LogP contribution < -0.4 is 0 Å². The van der Waals surface area contributed by atoms with E-state index in [0.29, 0.717) is 19.3 Å². The van der Waals surface area contributed by atoms with Gasteiger partial charge in [0.15, 0.2) is 6.10 Å². The molecule has 0 rings (SSSR count). The lowest BCUT2D eigenvalue weighted by Gasteiger charge is -2.18. The van der Waals surface area contributed by atoms with Gasteiger partial charge in [0.2, 0.25) is 0 Å². The molecule has 0 heterocycles. The molecule has 0 aromatic heterocycles. The molecule has 0 aromatic rings. The highest BCUT2D eigenvalue weighted by Gasteiger charge is 2.19. The largest absolute Gasteiger partial charge is 0.462 e. The molecule has 0 fully saturated rings. The molecule has 1 unspecified atom stereocenters. The zero-order chi connectivity index (χ0) is 44.0. The van der Waals surface area contributed by atoms with Crippen LogP contribution in [0.3, 0.4) is 0 Å². The second-order valence-corrected chi connectivity index (χ2v) is 19.2. The Morgan fingerprint density at radius 1 is 0.350 bits per heavy atom. The molecule has 0 N–H and O–H groups in total. The molecule has 6 heteroatoms. The van der Waals surface area contributed by atoms with Gasteiger partial charge >= 0.3 is 17.9 Å². The topological polar surface area (TPSA) is 78.9 Å². The second-order valence-electron chi connectivity index (χ2n) is 19.2. The fourth-order valence-corrected chi connectivity index (χ4v) is 8.13. The Morgan fingerprint density at radius 3 is 0.950 bits per heavy atom. The van der Waals surface area contributed by atoms with Gasteiger partial charge in [0, 0.05) is 19.3 Å². The van der Waals surface area contributed by atoms with E-state index in [0.717, 1.165) is 69.6 Å². The minimum Gasteiger partial charge on any atom is -0.462 e. The minimum atomic E-state index is -0.762. The van der Waals surface area contributed by atoms with Crippen molar-refractivity contribution in [1.29, 1.82) is 0 Å². The molecule has 0 aliphatic rings. The number of esters is 3. The SMILES string of the molecule is CCCCCCCCCCCCCCCCCCCCC(=O)OC[C@@H](COC(=O)CCCCCCCCCCC(C)CC)OC(=O)CCCCCCCCCCCC(C)C. The van der Waals surface area contributed by atoms with E-state index in [9.17, 15) is 14.4 Å². The van der Waals surface area contributed by atoms with Crippen molar-refractivity contribution in [2.75, 3.05) is 13.2 Å². The zero-order valence-electron chi connectivity index (χ0n) is 41.1. The molecular formula is C54H104O6. The Hall–Kier alpha value is -1.59. The van der Waals surface area contributed by atoms with E-state index in [1.807, 2.05) is 0 Å². The lowest BCUT2D eigenvalue weighted by molar-refractivity contribution is -0.167. The maximum atomic E-state index is 12.8. The zero-order valence-corrected chi connectivity index (χ0v) is 41.1. The summed E-state index contributed by atoms with van der Waals surface area (Å²) in [5.41, 5.74) is 0. The van der Waals surface area contributed by atoms with Crippen molar-refractivity contribution in [2.24, 2.45) is 11.8 Å². The molecule has 356 valence electrons. The average Bonchev–Trinajstić information content (AvgIpc) is 3.23. The van der Waals surface area contributed by atoms with Crippen molar-refractivity contribution in [3.05, 3.63) is 0 Å². The van der Waals surface area contributed by atoms with Crippen molar-refractivity contribution >= 4 is 17.9 Å². The van der Waals surface area contributed by atoms with Crippen molar-refractivity contribution in [1.82, 2.24) is 0 Å². The number of hydrogen-bond acceptors (Lipinski definition) is 6. The normalized spacial score (nSPS) is 12.5. The van der Waals surface area contributed by atoms with Crippen LogP contribution in [-0.2, 0) is 28.6 Å². The Morgan fingerprint density at radius 2 is 0.633 bits per heavy atom. The number of ether oxygens (including phenoxy) is 3. The maximum absolute atomic E-state index is 12.8. The third-order valence-corrected chi connectivity index (χ3v) is 12.6. The first-order valence-electron chi connectivity index (χ1n) is 26.8. The van der Waals surface area contributed by atoms with E-state index in [1.165, 1.54) is 186 Å². The molecule has 0 aliphatic heterocycles. The van der Waals surface area contributed by atoms with Crippen LogP contribution in [0.2, 0.25) is 0 Å². The number of hydrogen-bond donors (Lipinski definition) is 0. The summed E-state index contributed by atoms with van der Waals surface area (Å²) in [7, 11) is 0. The smallest absolute Gasteiger partial charge is 0.306 e. The summed E-state index contributed by atoms with van der Waals surface area (Å²) in [6.45, 7) is 11.4. The van der Waals surface area contributed by atoms with Crippen LogP contribution in [0.4, 0.5) is 0 Å². The van der Waals surface area contributed by atoms with Gasteiger partial charge in [-0.05, 0) is 31.1 Å². The first kappa shape index (κ1) is 58.4. The van der Waals surface area contributed by atoms with Gasteiger partial charge in [-0.1, -0.05) is 259 Å². The molecule has 0 aromatic carbocycles. The fourth-order valence-electron chi connectivity index (χ4n) is 8.13. The third-order valence-electron chi connectivity index (χ3n) is 12.6. The summed E-state index contributed by atoms with van der Waals surface area (Å²) < 4.78 is 16.8. The highest BCUT2D eigenvalue weighted by molar-refractivity contribution is 5.71. The molecule has 0 saturated carbocycles. The van der Waals surface area contributed by atoms with Gasteiger partial charge in [0.1, 0.15) is 13.2 Å². The molecule has 60 heavy (non-hydrogen) atoms. The highest BCUT2D eigenvalue weighted by Crippen LogP contribution is 2.18. The number of rotatable bonds is 48. The molecule has 6 nitrogen and oxygen atoms in total. The molecule has 0 saturated heterocycles. The van der Waals surface area contributed by atoms with Gasteiger partial charge in [0.25, 0.3) is 0 Å². The van der Waals surface area contributed by atoms with E-state index in [1.54, 1.807) is 0 Å². The Labute approximate surface area is 374 Å². The predicted molar refractivity (Wildman–Crippen MR) is 256 cm³/mol. The summed E-state index contributed by atoms with van der Waals surface area (Å²) >= 11 is 0. The first-order valence-corrected chi connectivity index (χ1v) is 26.8. The average molecular weight is 849 g/mol. The molecule has 0 bridgehead atoms. The molecule has 0 aliphatic carbocycles. The van der Waals surface area contributed by atoms with Crippen molar-refractivity contribution in [2.45, 2.75) is 304 Å². The van der Waals surface area contributed by atoms with Crippen LogP contribution in [0.1, 0.15) is 298 Å². The van der Waals surface area contributed by atoms with E-state index < -0.39 is 6.10 Å². The van der Waals surface area contributed by atoms with Gasteiger partial charge in [-0.3, -0.25) is 14.4 Å². The maximum Gasteiger partial charge on any atom is 0.306 e. The van der Waals surface area contributed by atoms with Crippen LogP contribution in [0, 0.1) is 11.8 Å². The third kappa shape index (κ3) is 45.9. The summed E-state index contributed by atoms with van der Waals surface area (Å²) in [4.78, 5) is 38.0. The summed E-state index contributed by atoms with van der Waals surface area (Å²) in [5, 5.41) is 0. The van der Waals surface area contributed by atoms with Crippen LogP contribution in [0.15, 0.2) is 0 Å². The van der Waals surface area contributed by atoms with Crippen LogP contribution in [-0.4, -0.2) is 37.2 Å². The van der Waals surface area contributed by atoms with E-state index >= 15 is 0 Å². The standard InChI is InChI=1S/C54H104O6/c1-6-8-9-10-11-12-13-14-15-16-17-18-19-20-23-29-34-39-44-52(55)58-47-51(60-54(57)46-41-36-31-24-21-22-27-32-37-42-49(3)4)48-59-53(56)45-40-35-30-26-25-28-33-38-43-50(5)7-2/h49-51H,6-48H2,1-5H3/t50?,51-/m0/s1. The Kier molecular flexibility index (Phi) is 45.7. The summed E-state index contributed by atoms with van der Waals surface area (Å²) in [6, 6.07) is 0. The molecule has 0 spiro atoms. The van der Waals surface area contributed by atoms with Gasteiger partial charge in [-0.15, -0.1) is 0 Å². The van der Waals surface area contributed by atoms with E-state index in [4.69, 9.17) is 14.2 Å². The van der Waals surface area contributed by atoms with Crippen LogP contribution in [0.5, 0.6) is 0 Å². The van der Waals surface area contributed by atoms with Gasteiger partial charge in [-0.25, -0.2) is 0 Å². The van der Waals surface area contributed by atoms with E-state index in [-0.39, 0.29) is 31.1 Å². The quantitative estimate of drug-likeness (QED) is 0.0345. The highest BCUT2D eigenvalue weighted by atomic mass is 16.6.